The normalized spacial score (nSPS) is 19.4. The molecule has 5 nitrogen and oxygen atoms in total. The summed E-state index contributed by atoms with van der Waals surface area (Å²) in [6, 6.07) is 11.4. The van der Waals surface area contributed by atoms with E-state index in [1.54, 1.807) is 42.5 Å². The zero-order chi connectivity index (χ0) is 19.6. The predicted octanol–water partition coefficient (Wildman–Crippen LogP) is 3.68. The fourth-order valence-corrected chi connectivity index (χ4v) is 4.79. The third kappa shape index (κ3) is 5.15. The molecule has 1 aliphatic heterocycles. The summed E-state index contributed by atoms with van der Waals surface area (Å²) in [6.07, 6.45) is -0.0378. The van der Waals surface area contributed by atoms with Crippen LogP contribution >= 0.6 is 23.2 Å². The first-order chi connectivity index (χ1) is 12.7. The SMILES string of the molecule is N[C@H](c1ccc(OC2CCS(=O)(=O)CC2)cc1)[C@@H](O)c1ccc(Cl)c(Cl)c1. The van der Waals surface area contributed by atoms with Crippen molar-refractivity contribution in [1.29, 1.82) is 0 Å². The number of halogens is 2. The Balaban J connectivity index is 1.64. The van der Waals surface area contributed by atoms with Crippen LogP contribution in [0.25, 0.3) is 0 Å². The number of aliphatic hydroxyl groups is 1. The maximum atomic E-state index is 11.5. The molecule has 2 atom stereocenters. The Morgan fingerprint density at radius 3 is 2.19 bits per heavy atom. The van der Waals surface area contributed by atoms with Gasteiger partial charge >= 0.3 is 0 Å². The van der Waals surface area contributed by atoms with Crippen LogP contribution in [-0.4, -0.2) is 31.1 Å². The van der Waals surface area contributed by atoms with Crippen molar-refractivity contribution >= 4 is 33.0 Å². The first-order valence-corrected chi connectivity index (χ1v) is 11.2. The minimum atomic E-state index is -2.91. The summed E-state index contributed by atoms with van der Waals surface area (Å²) in [5, 5.41) is 11.3. The number of hydrogen-bond acceptors (Lipinski definition) is 5. The molecule has 2 aromatic carbocycles. The van der Waals surface area contributed by atoms with Crippen LogP contribution in [-0.2, 0) is 9.84 Å². The number of aliphatic hydroxyl groups excluding tert-OH is 1. The van der Waals surface area contributed by atoms with Crippen LogP contribution in [0, 0.1) is 0 Å². The highest BCUT2D eigenvalue weighted by atomic mass is 35.5. The molecular formula is C19H21Cl2NO4S. The van der Waals surface area contributed by atoms with Gasteiger partial charge in [0, 0.05) is 0 Å². The molecule has 3 N–H and O–H groups in total. The average molecular weight is 430 g/mol. The van der Waals surface area contributed by atoms with Crippen molar-refractivity contribution in [3.05, 3.63) is 63.6 Å². The number of ether oxygens (including phenoxy) is 1. The van der Waals surface area contributed by atoms with Gasteiger partial charge in [-0.25, -0.2) is 8.42 Å². The van der Waals surface area contributed by atoms with Crippen LogP contribution in [0.2, 0.25) is 10.0 Å². The van der Waals surface area contributed by atoms with Crippen LogP contribution < -0.4 is 10.5 Å². The predicted molar refractivity (Wildman–Crippen MR) is 107 cm³/mol. The summed E-state index contributed by atoms with van der Waals surface area (Å²) in [5.74, 6) is 0.978. The highest BCUT2D eigenvalue weighted by Gasteiger charge is 2.25. The van der Waals surface area contributed by atoms with E-state index in [-0.39, 0.29) is 17.6 Å². The summed E-state index contributed by atoms with van der Waals surface area (Å²) >= 11 is 11.9. The molecule has 3 rings (SSSR count). The molecule has 2 aromatic rings. The van der Waals surface area contributed by atoms with Crippen molar-refractivity contribution in [3.63, 3.8) is 0 Å². The first kappa shape index (κ1) is 20.4. The number of hydrogen-bond donors (Lipinski definition) is 2. The van der Waals surface area contributed by atoms with E-state index in [1.165, 1.54) is 0 Å². The highest BCUT2D eigenvalue weighted by molar-refractivity contribution is 7.91. The van der Waals surface area contributed by atoms with Gasteiger partial charge in [0.25, 0.3) is 0 Å². The van der Waals surface area contributed by atoms with E-state index in [0.717, 1.165) is 5.56 Å². The molecule has 0 saturated carbocycles. The van der Waals surface area contributed by atoms with E-state index in [9.17, 15) is 13.5 Å². The number of sulfone groups is 1. The van der Waals surface area contributed by atoms with Gasteiger partial charge in [-0.05, 0) is 48.2 Å². The van der Waals surface area contributed by atoms with Gasteiger partial charge in [-0.15, -0.1) is 0 Å². The maximum absolute atomic E-state index is 11.5. The van der Waals surface area contributed by atoms with Gasteiger partial charge < -0.3 is 15.6 Å². The average Bonchev–Trinajstić information content (AvgIpc) is 2.65. The van der Waals surface area contributed by atoms with Crippen LogP contribution in [0.3, 0.4) is 0 Å². The van der Waals surface area contributed by atoms with E-state index in [0.29, 0.717) is 34.2 Å². The second kappa shape index (κ2) is 8.37. The zero-order valence-corrected chi connectivity index (χ0v) is 16.8. The molecule has 1 aliphatic rings. The Morgan fingerprint density at radius 2 is 1.59 bits per heavy atom. The fourth-order valence-electron chi connectivity index (χ4n) is 3.03. The molecule has 1 fully saturated rings. The lowest BCUT2D eigenvalue weighted by atomic mass is 9.96. The summed E-state index contributed by atoms with van der Waals surface area (Å²) in [7, 11) is -2.91. The molecule has 0 aromatic heterocycles. The molecule has 0 aliphatic carbocycles. The summed E-state index contributed by atoms with van der Waals surface area (Å²) in [5.41, 5.74) is 7.52. The van der Waals surface area contributed by atoms with Crippen molar-refractivity contribution in [1.82, 2.24) is 0 Å². The summed E-state index contributed by atoms with van der Waals surface area (Å²) < 4.78 is 28.8. The van der Waals surface area contributed by atoms with Gasteiger partial charge in [-0.3, -0.25) is 0 Å². The van der Waals surface area contributed by atoms with Gasteiger partial charge in [-0.2, -0.15) is 0 Å². The highest BCUT2D eigenvalue weighted by Crippen LogP contribution is 2.32. The molecule has 1 heterocycles. The van der Waals surface area contributed by atoms with Crippen LogP contribution in [0.15, 0.2) is 42.5 Å². The lowest BCUT2D eigenvalue weighted by Crippen LogP contribution is -2.30. The Bertz CT molecular complexity index is 888. The van der Waals surface area contributed by atoms with Crippen molar-refractivity contribution in [2.24, 2.45) is 5.73 Å². The van der Waals surface area contributed by atoms with Gasteiger partial charge in [-0.1, -0.05) is 41.4 Å². The largest absolute Gasteiger partial charge is 0.490 e. The molecule has 0 bridgehead atoms. The molecule has 0 radical (unpaired) electrons. The number of benzene rings is 2. The maximum Gasteiger partial charge on any atom is 0.150 e. The minimum Gasteiger partial charge on any atom is -0.490 e. The molecule has 27 heavy (non-hydrogen) atoms. The Kier molecular flexibility index (Phi) is 6.33. The van der Waals surface area contributed by atoms with E-state index < -0.39 is 22.0 Å². The molecule has 1 saturated heterocycles. The Morgan fingerprint density at radius 1 is 1.00 bits per heavy atom. The second-order valence-electron chi connectivity index (χ2n) is 6.68. The lowest BCUT2D eigenvalue weighted by molar-refractivity contribution is 0.147. The quantitative estimate of drug-likeness (QED) is 0.756. The number of rotatable bonds is 5. The fraction of sp³-hybridized carbons (Fsp3) is 0.368. The summed E-state index contributed by atoms with van der Waals surface area (Å²) in [4.78, 5) is 0. The lowest BCUT2D eigenvalue weighted by Gasteiger charge is -2.24. The Labute approximate surface area is 169 Å². The smallest absolute Gasteiger partial charge is 0.150 e. The monoisotopic (exact) mass is 429 g/mol. The topological polar surface area (TPSA) is 89.6 Å². The molecule has 0 unspecified atom stereocenters. The molecule has 0 amide bonds. The van der Waals surface area contributed by atoms with Gasteiger partial charge in [0.15, 0.2) is 9.84 Å². The Hall–Kier alpha value is -1.31. The van der Waals surface area contributed by atoms with Crippen molar-refractivity contribution in [3.8, 4) is 5.75 Å². The third-order valence-electron chi connectivity index (χ3n) is 4.69. The van der Waals surface area contributed by atoms with Crippen molar-refractivity contribution in [2.75, 3.05) is 11.5 Å². The van der Waals surface area contributed by atoms with Crippen molar-refractivity contribution in [2.45, 2.75) is 31.1 Å². The zero-order valence-electron chi connectivity index (χ0n) is 14.5. The van der Waals surface area contributed by atoms with Gasteiger partial charge in [0.05, 0.1) is 33.7 Å². The van der Waals surface area contributed by atoms with E-state index in [2.05, 4.69) is 0 Å². The molecule has 0 spiro atoms. The van der Waals surface area contributed by atoms with E-state index >= 15 is 0 Å². The van der Waals surface area contributed by atoms with Gasteiger partial charge in [0.2, 0.25) is 0 Å². The molecular weight excluding hydrogens is 409 g/mol. The minimum absolute atomic E-state index is 0.102. The van der Waals surface area contributed by atoms with E-state index in [1.807, 2.05) is 0 Å². The van der Waals surface area contributed by atoms with Crippen LogP contribution in [0.1, 0.15) is 36.1 Å². The molecule has 8 heteroatoms. The second-order valence-corrected chi connectivity index (χ2v) is 9.80. The van der Waals surface area contributed by atoms with Crippen LogP contribution in [0.5, 0.6) is 5.75 Å². The molecule has 146 valence electrons. The number of nitrogens with two attached hydrogens (primary N) is 1. The van der Waals surface area contributed by atoms with Gasteiger partial charge in [0.1, 0.15) is 11.9 Å². The summed E-state index contributed by atoms with van der Waals surface area (Å²) in [6.45, 7) is 0. The van der Waals surface area contributed by atoms with E-state index in [4.69, 9.17) is 33.7 Å². The first-order valence-electron chi connectivity index (χ1n) is 8.61. The standard InChI is InChI=1S/C19H21Cl2NO4S/c20-16-6-3-13(11-17(16)21)19(23)18(22)12-1-4-14(5-2-12)26-15-7-9-27(24,25)10-8-15/h1-6,11,15,18-19,23H,7-10,22H2/t18-,19+/m1/s1. The van der Waals surface area contributed by atoms with Crippen LogP contribution in [0.4, 0.5) is 0 Å². The third-order valence-corrected chi connectivity index (χ3v) is 7.15. The van der Waals surface area contributed by atoms with Crippen molar-refractivity contribution < 1.29 is 18.3 Å².